The summed E-state index contributed by atoms with van der Waals surface area (Å²) in [6, 6.07) is 9.29. The number of aryl methyl sites for hydroxylation is 1. The molecular formula is C18H25NO. The van der Waals surface area contributed by atoms with Crippen LogP contribution >= 0.6 is 0 Å². The lowest BCUT2D eigenvalue weighted by Crippen LogP contribution is -2.32. The van der Waals surface area contributed by atoms with Crippen molar-refractivity contribution < 1.29 is 4.42 Å². The third-order valence-electron chi connectivity index (χ3n) is 4.84. The highest BCUT2D eigenvalue weighted by Gasteiger charge is 2.35. The summed E-state index contributed by atoms with van der Waals surface area (Å²) in [5.41, 5.74) is 2.31. The molecule has 1 saturated carbocycles. The molecule has 0 saturated heterocycles. The van der Waals surface area contributed by atoms with Gasteiger partial charge in [0.05, 0.1) is 0 Å². The molecule has 1 aromatic heterocycles. The van der Waals surface area contributed by atoms with Gasteiger partial charge in [-0.05, 0) is 50.3 Å². The zero-order valence-corrected chi connectivity index (χ0v) is 12.8. The molecular weight excluding hydrogens is 246 g/mol. The van der Waals surface area contributed by atoms with Crippen molar-refractivity contribution in [3.8, 4) is 0 Å². The molecule has 1 N–H and O–H groups in total. The van der Waals surface area contributed by atoms with Crippen molar-refractivity contribution in [3.63, 3.8) is 0 Å². The Balaban J connectivity index is 1.83. The van der Waals surface area contributed by atoms with Crippen molar-refractivity contribution >= 4 is 11.0 Å². The van der Waals surface area contributed by atoms with Crippen LogP contribution in [0.5, 0.6) is 0 Å². The molecule has 0 amide bonds. The van der Waals surface area contributed by atoms with Crippen LogP contribution in [0.25, 0.3) is 11.0 Å². The van der Waals surface area contributed by atoms with Crippen molar-refractivity contribution in [2.45, 2.75) is 52.0 Å². The van der Waals surface area contributed by atoms with Gasteiger partial charge >= 0.3 is 0 Å². The fraction of sp³-hybridized carbons (Fsp3) is 0.556. The molecule has 1 heterocycles. The average molecular weight is 271 g/mol. The second-order valence-corrected chi connectivity index (χ2v) is 6.25. The molecule has 3 atom stereocenters. The van der Waals surface area contributed by atoms with Crippen LogP contribution in [0.15, 0.2) is 28.7 Å². The molecule has 3 unspecified atom stereocenters. The SMILES string of the molecule is CCCNC1CCC(c2cc3cccc(C)c3o2)C1C. The Morgan fingerprint density at radius 1 is 1.30 bits per heavy atom. The summed E-state index contributed by atoms with van der Waals surface area (Å²) in [5.74, 6) is 2.40. The number of benzene rings is 1. The third-order valence-corrected chi connectivity index (χ3v) is 4.84. The van der Waals surface area contributed by atoms with Crippen molar-refractivity contribution in [1.29, 1.82) is 0 Å². The highest BCUT2D eigenvalue weighted by molar-refractivity contribution is 5.81. The van der Waals surface area contributed by atoms with Crippen LogP contribution in [0, 0.1) is 12.8 Å². The molecule has 1 aliphatic carbocycles. The van der Waals surface area contributed by atoms with E-state index in [-0.39, 0.29) is 0 Å². The topological polar surface area (TPSA) is 25.2 Å². The van der Waals surface area contributed by atoms with Gasteiger partial charge in [0.15, 0.2) is 0 Å². The third kappa shape index (κ3) is 2.37. The van der Waals surface area contributed by atoms with Crippen molar-refractivity contribution in [2.24, 2.45) is 5.92 Å². The van der Waals surface area contributed by atoms with Crippen LogP contribution in [0.4, 0.5) is 0 Å². The predicted octanol–water partition coefficient (Wildman–Crippen LogP) is 4.62. The van der Waals surface area contributed by atoms with E-state index in [0.29, 0.717) is 17.9 Å². The van der Waals surface area contributed by atoms with Crippen molar-refractivity contribution in [1.82, 2.24) is 5.32 Å². The van der Waals surface area contributed by atoms with Gasteiger partial charge in [-0.2, -0.15) is 0 Å². The monoisotopic (exact) mass is 271 g/mol. The first-order valence-corrected chi connectivity index (χ1v) is 7.93. The Hall–Kier alpha value is -1.28. The van der Waals surface area contributed by atoms with Gasteiger partial charge in [0.25, 0.3) is 0 Å². The quantitative estimate of drug-likeness (QED) is 0.877. The molecule has 0 spiro atoms. The lowest BCUT2D eigenvalue weighted by molar-refractivity contribution is 0.373. The van der Waals surface area contributed by atoms with E-state index in [4.69, 9.17) is 4.42 Å². The molecule has 2 aromatic rings. The minimum Gasteiger partial charge on any atom is -0.460 e. The van der Waals surface area contributed by atoms with Gasteiger partial charge in [-0.1, -0.05) is 32.0 Å². The normalized spacial score (nSPS) is 26.4. The first kappa shape index (κ1) is 13.7. The van der Waals surface area contributed by atoms with E-state index in [1.807, 2.05) is 0 Å². The summed E-state index contributed by atoms with van der Waals surface area (Å²) in [6.07, 6.45) is 3.71. The molecule has 1 fully saturated rings. The zero-order chi connectivity index (χ0) is 14.1. The molecule has 0 radical (unpaired) electrons. The Morgan fingerprint density at radius 2 is 2.15 bits per heavy atom. The standard InChI is InChI=1S/C18H25NO/c1-4-10-19-16-9-8-15(13(16)3)17-11-14-7-5-6-12(2)18(14)20-17/h5-7,11,13,15-16,19H,4,8-10H2,1-3H3. The molecule has 3 rings (SSSR count). The predicted molar refractivity (Wildman–Crippen MR) is 84.2 cm³/mol. The van der Waals surface area contributed by atoms with Gasteiger partial charge in [0, 0.05) is 17.3 Å². The van der Waals surface area contributed by atoms with Crippen LogP contribution in [0.2, 0.25) is 0 Å². The Bertz CT molecular complexity index is 586. The Kier molecular flexibility index (Phi) is 3.84. The summed E-state index contributed by atoms with van der Waals surface area (Å²) in [4.78, 5) is 0. The van der Waals surface area contributed by atoms with E-state index in [0.717, 1.165) is 12.1 Å². The average Bonchev–Trinajstić information content (AvgIpc) is 3.01. The minimum absolute atomic E-state index is 0.566. The number of furan rings is 1. The largest absolute Gasteiger partial charge is 0.460 e. The summed E-state index contributed by atoms with van der Waals surface area (Å²) in [5, 5.41) is 4.93. The van der Waals surface area contributed by atoms with Crippen molar-refractivity contribution in [2.75, 3.05) is 6.54 Å². The van der Waals surface area contributed by atoms with Crippen LogP contribution in [-0.2, 0) is 0 Å². The van der Waals surface area contributed by atoms with Crippen molar-refractivity contribution in [3.05, 3.63) is 35.6 Å². The minimum atomic E-state index is 0.566. The molecule has 2 heteroatoms. The number of nitrogens with one attached hydrogen (secondary N) is 1. The smallest absolute Gasteiger partial charge is 0.137 e. The first-order chi connectivity index (χ1) is 9.70. The maximum absolute atomic E-state index is 6.18. The molecule has 1 aliphatic rings. The van der Waals surface area contributed by atoms with Crippen LogP contribution < -0.4 is 5.32 Å². The van der Waals surface area contributed by atoms with E-state index in [1.165, 1.54) is 36.0 Å². The summed E-state index contributed by atoms with van der Waals surface area (Å²) in [7, 11) is 0. The van der Waals surface area contributed by atoms with Gasteiger partial charge in [-0.3, -0.25) is 0 Å². The highest BCUT2D eigenvalue weighted by atomic mass is 16.3. The van der Waals surface area contributed by atoms with Gasteiger partial charge < -0.3 is 9.73 Å². The molecule has 2 nitrogen and oxygen atoms in total. The number of hydrogen-bond acceptors (Lipinski definition) is 2. The van der Waals surface area contributed by atoms with E-state index in [9.17, 15) is 0 Å². The number of fused-ring (bicyclic) bond motifs is 1. The molecule has 0 bridgehead atoms. The summed E-state index contributed by atoms with van der Waals surface area (Å²) >= 11 is 0. The lowest BCUT2D eigenvalue weighted by atomic mass is 9.93. The Labute approximate surface area is 121 Å². The van der Waals surface area contributed by atoms with Gasteiger partial charge in [0.1, 0.15) is 11.3 Å². The number of para-hydroxylation sites is 1. The number of rotatable bonds is 4. The number of hydrogen-bond donors (Lipinski definition) is 1. The second-order valence-electron chi connectivity index (χ2n) is 6.25. The lowest BCUT2D eigenvalue weighted by Gasteiger charge is -2.20. The zero-order valence-electron chi connectivity index (χ0n) is 12.8. The maximum Gasteiger partial charge on any atom is 0.137 e. The first-order valence-electron chi connectivity index (χ1n) is 7.93. The molecule has 108 valence electrons. The fourth-order valence-electron chi connectivity index (χ4n) is 3.60. The van der Waals surface area contributed by atoms with E-state index in [1.54, 1.807) is 0 Å². The molecule has 0 aliphatic heterocycles. The summed E-state index contributed by atoms with van der Waals surface area (Å²) in [6.45, 7) is 7.84. The van der Waals surface area contributed by atoms with Gasteiger partial charge in [-0.25, -0.2) is 0 Å². The van der Waals surface area contributed by atoms with Crippen LogP contribution in [-0.4, -0.2) is 12.6 Å². The second kappa shape index (κ2) is 5.61. The van der Waals surface area contributed by atoms with Crippen LogP contribution in [0.1, 0.15) is 50.4 Å². The fourth-order valence-corrected chi connectivity index (χ4v) is 3.60. The van der Waals surface area contributed by atoms with Crippen LogP contribution in [0.3, 0.4) is 0 Å². The maximum atomic E-state index is 6.18. The van der Waals surface area contributed by atoms with Gasteiger partial charge in [0.2, 0.25) is 0 Å². The summed E-state index contributed by atoms with van der Waals surface area (Å²) < 4.78 is 6.18. The Morgan fingerprint density at radius 3 is 2.90 bits per heavy atom. The molecule has 1 aromatic carbocycles. The molecule has 20 heavy (non-hydrogen) atoms. The highest BCUT2D eigenvalue weighted by Crippen LogP contribution is 2.41. The van der Waals surface area contributed by atoms with E-state index in [2.05, 4.69) is 50.4 Å². The van der Waals surface area contributed by atoms with Gasteiger partial charge in [-0.15, -0.1) is 0 Å². The van der Waals surface area contributed by atoms with E-state index >= 15 is 0 Å². The van der Waals surface area contributed by atoms with E-state index < -0.39 is 0 Å².